The topological polar surface area (TPSA) is 201 Å². The average molecular weight is 631 g/mol. The van der Waals surface area contributed by atoms with Crippen LogP contribution in [0.25, 0.3) is 11.1 Å². The first-order chi connectivity index (χ1) is 20.9. The summed E-state index contributed by atoms with van der Waals surface area (Å²) in [5.41, 5.74) is 1.51. The average Bonchev–Trinajstić information content (AvgIpc) is 2.99. The molecule has 0 saturated carbocycles. The Bertz CT molecular complexity index is 1590. The zero-order valence-corrected chi connectivity index (χ0v) is 23.9. The van der Waals surface area contributed by atoms with Crippen LogP contribution in [0.3, 0.4) is 0 Å². The van der Waals surface area contributed by atoms with Gasteiger partial charge in [-0.05, 0) is 28.8 Å². The van der Waals surface area contributed by atoms with Crippen LogP contribution in [0.2, 0.25) is 0 Å². The van der Waals surface area contributed by atoms with Crippen LogP contribution in [-0.2, 0) is 45.1 Å². The van der Waals surface area contributed by atoms with Crippen molar-refractivity contribution in [2.75, 3.05) is 26.1 Å². The van der Waals surface area contributed by atoms with Gasteiger partial charge in [-0.15, -0.1) is 20.2 Å². The van der Waals surface area contributed by atoms with Gasteiger partial charge in [0.1, 0.15) is 26.4 Å². The number of carbonyl (C=O) groups excluding carboxylic acids is 2. The predicted octanol–water partition coefficient (Wildman–Crippen LogP) is 3.68. The van der Waals surface area contributed by atoms with Gasteiger partial charge < -0.3 is 23.9 Å². The van der Waals surface area contributed by atoms with Crippen LogP contribution in [0.5, 0.6) is 0 Å². The second-order valence-electron chi connectivity index (χ2n) is 8.90. The van der Waals surface area contributed by atoms with E-state index >= 15 is 0 Å². The van der Waals surface area contributed by atoms with E-state index in [2.05, 4.69) is 9.68 Å². The normalized spacial score (nSPS) is 12.2. The number of hydrogen-bond acceptors (Lipinski definition) is 13. The van der Waals surface area contributed by atoms with Crippen molar-refractivity contribution in [3.8, 4) is 0 Å². The summed E-state index contributed by atoms with van der Waals surface area (Å²) in [6, 6.07) is 22.6. The number of nitrogens with zero attached hydrogens (tertiary/aromatic N) is 2. The molecular formula is C28H26N2O13S. The van der Waals surface area contributed by atoms with E-state index < -0.39 is 58.1 Å². The zero-order valence-electron chi connectivity index (χ0n) is 23.1. The molecule has 0 radical (unpaired) electrons. The van der Waals surface area contributed by atoms with Crippen molar-refractivity contribution in [2.45, 2.75) is 17.6 Å². The number of rotatable bonds is 15. The predicted molar refractivity (Wildman–Crippen MR) is 151 cm³/mol. The third-order valence-corrected chi connectivity index (χ3v) is 6.86. The molecular weight excluding hydrogens is 604 g/mol. The lowest BCUT2D eigenvalue weighted by Crippen LogP contribution is -2.30. The number of esters is 1. The molecule has 3 aromatic carbocycles. The molecule has 44 heavy (non-hydrogen) atoms. The fourth-order valence-corrected chi connectivity index (χ4v) is 4.36. The molecule has 0 aliphatic carbocycles. The summed E-state index contributed by atoms with van der Waals surface area (Å²) >= 11 is 0. The van der Waals surface area contributed by atoms with E-state index in [4.69, 9.17) is 14.2 Å². The van der Waals surface area contributed by atoms with Crippen LogP contribution >= 0.6 is 0 Å². The molecule has 0 heterocycles. The molecule has 0 fully saturated rings. The number of hydrogen-bond donors (Lipinski definition) is 0. The standard InChI is InChI=1S/C28H26N2O13S/c1-44(37,38)24-14-12-21(13-15-24)25(19-41-28(32)40-17-23(43-30(35)36)18-42-29(33)34)26(22-10-6-3-7-11-22)27(31)39-16-20-8-4-2-5-9-20/h2-15,23H,16-19H2,1H3/b26-25+. The second kappa shape index (κ2) is 15.6. The van der Waals surface area contributed by atoms with E-state index in [1.54, 1.807) is 60.7 Å². The Morgan fingerprint density at radius 1 is 0.773 bits per heavy atom. The highest BCUT2D eigenvalue weighted by molar-refractivity contribution is 7.90. The van der Waals surface area contributed by atoms with Gasteiger partial charge in [-0.3, -0.25) is 0 Å². The maximum Gasteiger partial charge on any atom is 0.508 e. The molecule has 0 bridgehead atoms. The van der Waals surface area contributed by atoms with Crippen molar-refractivity contribution in [3.63, 3.8) is 0 Å². The molecule has 0 aliphatic rings. The van der Waals surface area contributed by atoms with Crippen LogP contribution < -0.4 is 0 Å². The van der Waals surface area contributed by atoms with Gasteiger partial charge in [0.15, 0.2) is 15.9 Å². The maximum atomic E-state index is 13.6. The first kappa shape index (κ1) is 33.0. The molecule has 3 aromatic rings. The summed E-state index contributed by atoms with van der Waals surface area (Å²) in [7, 11) is -3.56. The van der Waals surface area contributed by atoms with E-state index in [1.807, 2.05) is 0 Å². The molecule has 0 aliphatic heterocycles. The van der Waals surface area contributed by atoms with Gasteiger partial charge >= 0.3 is 12.1 Å². The van der Waals surface area contributed by atoms with E-state index in [1.165, 1.54) is 24.3 Å². The van der Waals surface area contributed by atoms with Crippen molar-refractivity contribution in [1.29, 1.82) is 0 Å². The summed E-state index contributed by atoms with van der Waals surface area (Å²) < 4.78 is 39.7. The molecule has 16 heteroatoms. The van der Waals surface area contributed by atoms with E-state index in [-0.39, 0.29) is 22.6 Å². The molecule has 0 saturated heterocycles. The van der Waals surface area contributed by atoms with Crippen LogP contribution in [0.4, 0.5) is 4.79 Å². The Morgan fingerprint density at radius 3 is 1.95 bits per heavy atom. The molecule has 0 spiro atoms. The molecule has 15 nitrogen and oxygen atoms in total. The zero-order chi connectivity index (χ0) is 32.1. The quantitative estimate of drug-likeness (QED) is 0.0774. The molecule has 1 unspecified atom stereocenters. The monoisotopic (exact) mass is 630 g/mol. The fourth-order valence-electron chi connectivity index (χ4n) is 3.73. The highest BCUT2D eigenvalue weighted by atomic mass is 32.2. The largest absolute Gasteiger partial charge is 0.508 e. The molecule has 0 amide bonds. The van der Waals surface area contributed by atoms with Crippen LogP contribution in [0.15, 0.2) is 89.8 Å². The number of benzene rings is 3. The van der Waals surface area contributed by atoms with Crippen molar-refractivity contribution in [2.24, 2.45) is 0 Å². The molecule has 1 atom stereocenters. The minimum absolute atomic E-state index is 0.00242. The Morgan fingerprint density at radius 2 is 1.39 bits per heavy atom. The van der Waals surface area contributed by atoms with Gasteiger partial charge in [-0.1, -0.05) is 72.8 Å². The maximum absolute atomic E-state index is 13.6. The van der Waals surface area contributed by atoms with Gasteiger partial charge in [0, 0.05) is 11.8 Å². The Balaban J connectivity index is 1.94. The van der Waals surface area contributed by atoms with Crippen molar-refractivity contribution >= 4 is 33.1 Å². The molecule has 0 N–H and O–H groups in total. The highest BCUT2D eigenvalue weighted by Gasteiger charge is 2.24. The molecule has 232 valence electrons. The third-order valence-electron chi connectivity index (χ3n) is 5.73. The molecule has 0 aromatic heterocycles. The lowest BCUT2D eigenvalue weighted by atomic mass is 9.95. The third kappa shape index (κ3) is 10.4. The minimum atomic E-state index is -3.56. The Hall–Kier alpha value is -5.51. The lowest BCUT2D eigenvalue weighted by molar-refractivity contribution is -0.790. The van der Waals surface area contributed by atoms with Gasteiger partial charge in [-0.2, -0.15) is 0 Å². The van der Waals surface area contributed by atoms with Crippen LogP contribution in [-0.4, -0.2) is 62.9 Å². The highest BCUT2D eigenvalue weighted by Crippen LogP contribution is 2.29. The van der Waals surface area contributed by atoms with E-state index in [9.17, 15) is 38.2 Å². The first-order valence-corrected chi connectivity index (χ1v) is 14.5. The lowest BCUT2D eigenvalue weighted by Gasteiger charge is -2.17. The fraction of sp³-hybridized carbons (Fsp3) is 0.214. The van der Waals surface area contributed by atoms with E-state index in [0.29, 0.717) is 16.7 Å². The van der Waals surface area contributed by atoms with Crippen molar-refractivity contribution in [3.05, 3.63) is 122 Å². The summed E-state index contributed by atoms with van der Waals surface area (Å²) in [5, 5.41) is 18.7. The van der Waals surface area contributed by atoms with Crippen LogP contribution in [0.1, 0.15) is 16.7 Å². The van der Waals surface area contributed by atoms with E-state index in [0.717, 1.165) is 6.26 Å². The minimum Gasteiger partial charge on any atom is -0.457 e. The number of sulfone groups is 1. The van der Waals surface area contributed by atoms with Crippen molar-refractivity contribution < 1.29 is 52.1 Å². The molecule has 3 rings (SSSR count). The van der Waals surface area contributed by atoms with Gasteiger partial charge in [0.25, 0.3) is 10.2 Å². The second-order valence-corrected chi connectivity index (χ2v) is 10.9. The summed E-state index contributed by atoms with van der Waals surface area (Å²) in [6.45, 7) is -2.44. The van der Waals surface area contributed by atoms with Crippen molar-refractivity contribution in [1.82, 2.24) is 0 Å². The Kier molecular flexibility index (Phi) is 11.7. The number of ether oxygens (including phenoxy) is 3. The van der Waals surface area contributed by atoms with Gasteiger partial charge in [0.2, 0.25) is 0 Å². The number of carbonyl (C=O) groups is 2. The van der Waals surface area contributed by atoms with Crippen LogP contribution in [0, 0.1) is 20.2 Å². The van der Waals surface area contributed by atoms with Gasteiger partial charge in [0.05, 0.1) is 10.5 Å². The Labute approximate surface area is 250 Å². The smallest absolute Gasteiger partial charge is 0.457 e. The van der Waals surface area contributed by atoms with Gasteiger partial charge in [-0.25, -0.2) is 18.0 Å². The summed E-state index contributed by atoms with van der Waals surface area (Å²) in [4.78, 5) is 55.4. The summed E-state index contributed by atoms with van der Waals surface area (Å²) in [6.07, 6.45) is -1.98. The summed E-state index contributed by atoms with van der Waals surface area (Å²) in [5.74, 6) is -0.782. The SMILES string of the molecule is CS(=O)(=O)c1ccc(/C(COC(=O)OCC(CO[N+](=O)[O-])O[N+](=O)[O-])=C(/C(=O)OCc2ccccc2)c2ccccc2)cc1. The first-order valence-electron chi connectivity index (χ1n) is 12.6.